The fourth-order valence-corrected chi connectivity index (χ4v) is 1.90. The molecule has 0 fully saturated rings. The first-order valence-electron chi connectivity index (χ1n) is 3.54. The van der Waals surface area contributed by atoms with Crippen molar-refractivity contribution in [3.63, 3.8) is 0 Å². The van der Waals surface area contributed by atoms with E-state index >= 15 is 0 Å². The van der Waals surface area contributed by atoms with Crippen LogP contribution in [0.2, 0.25) is 0 Å². The normalized spacial score (nSPS) is 9.62. The summed E-state index contributed by atoms with van der Waals surface area (Å²) in [6.45, 7) is 2.00. The maximum absolute atomic E-state index is 10.4. The zero-order valence-electron chi connectivity index (χ0n) is 6.94. The minimum atomic E-state index is 0. The van der Waals surface area contributed by atoms with Crippen molar-refractivity contribution in [2.45, 2.75) is 6.92 Å². The molecule has 13 heavy (non-hydrogen) atoms. The third-order valence-corrected chi connectivity index (χ3v) is 2.77. The molecule has 0 spiro atoms. The minimum Gasteiger partial charge on any atom is -0.295 e. The van der Waals surface area contributed by atoms with Crippen molar-refractivity contribution in [3.05, 3.63) is 28.8 Å². The molecule has 0 aliphatic rings. The Morgan fingerprint density at radius 2 is 2.38 bits per heavy atom. The molecule has 65 valence electrons. The van der Waals surface area contributed by atoms with Gasteiger partial charge in [0.15, 0.2) is 6.29 Å². The molecule has 0 bridgehead atoms. The van der Waals surface area contributed by atoms with Crippen LogP contribution in [0.15, 0.2) is 12.1 Å². The topological polar surface area (TPSA) is 30.0 Å². The molecular weight excluding hydrogens is 221 g/mol. The third kappa shape index (κ3) is 1.83. The quantitative estimate of drug-likeness (QED) is 0.552. The number of aryl methyl sites for hydroxylation is 1. The fraction of sp³-hybridized carbons (Fsp3) is 0.111. The average molecular weight is 227 g/mol. The number of hydrogen-bond donors (Lipinski definition) is 0. The van der Waals surface area contributed by atoms with Gasteiger partial charge in [-0.2, -0.15) is 29.5 Å². The van der Waals surface area contributed by atoms with Gasteiger partial charge >= 0.3 is 0 Å². The molecule has 2 rings (SSSR count). The van der Waals surface area contributed by atoms with E-state index in [0.29, 0.717) is 5.01 Å². The second-order valence-electron chi connectivity index (χ2n) is 2.51. The van der Waals surface area contributed by atoms with Crippen LogP contribution in [0.3, 0.4) is 0 Å². The fourth-order valence-electron chi connectivity index (χ4n) is 1.07. The van der Waals surface area contributed by atoms with E-state index in [1.54, 1.807) is 0 Å². The number of hydrogen-bond acceptors (Lipinski definition) is 3. The molecule has 0 atom stereocenters. The van der Waals surface area contributed by atoms with Crippen LogP contribution < -0.4 is 0 Å². The number of aromatic nitrogens is 1. The summed E-state index contributed by atoms with van der Waals surface area (Å²) in [5.74, 6) is 0. The molecule has 0 aliphatic carbocycles. The number of nitrogens with zero attached hydrogens (tertiary/aromatic N) is 1. The van der Waals surface area contributed by atoms with Crippen LogP contribution >= 0.6 is 11.3 Å². The van der Waals surface area contributed by atoms with Crippen molar-refractivity contribution in [3.8, 4) is 0 Å². The Morgan fingerprint density at radius 1 is 1.62 bits per heavy atom. The SMILES string of the molecule is Cc1cc[c-]c2nc(C=O)sc12.[V]. The van der Waals surface area contributed by atoms with Crippen molar-refractivity contribution >= 4 is 27.8 Å². The molecule has 0 unspecified atom stereocenters. The summed E-state index contributed by atoms with van der Waals surface area (Å²) in [5.41, 5.74) is 1.94. The van der Waals surface area contributed by atoms with Gasteiger partial charge in [0, 0.05) is 18.6 Å². The number of carbonyl (C=O) groups excluding carboxylic acids is 1. The molecule has 0 N–H and O–H groups in total. The maximum Gasteiger partial charge on any atom is 0.177 e. The Morgan fingerprint density at radius 3 is 3.00 bits per heavy atom. The van der Waals surface area contributed by atoms with E-state index in [1.165, 1.54) is 11.3 Å². The van der Waals surface area contributed by atoms with Gasteiger partial charge in [-0.25, -0.2) is 0 Å². The largest absolute Gasteiger partial charge is 0.295 e. The minimum absolute atomic E-state index is 0. The number of thiazole rings is 1. The summed E-state index contributed by atoms with van der Waals surface area (Å²) in [5, 5.41) is 0.524. The smallest absolute Gasteiger partial charge is 0.177 e. The van der Waals surface area contributed by atoms with E-state index in [1.807, 2.05) is 19.1 Å². The standard InChI is InChI=1S/C9H6NOS.V/c1-6-3-2-4-7-9(6)12-8(5-11)10-7;/h2-3,5H,1H3;/q-1;. The van der Waals surface area contributed by atoms with Gasteiger partial charge in [0.2, 0.25) is 0 Å². The molecule has 4 heteroatoms. The molecule has 0 saturated heterocycles. The molecule has 1 aromatic heterocycles. The Hall–Kier alpha value is -0.636. The maximum atomic E-state index is 10.4. The van der Waals surface area contributed by atoms with Crippen LogP contribution in [0.4, 0.5) is 0 Å². The molecule has 1 heterocycles. The van der Waals surface area contributed by atoms with Crippen molar-refractivity contribution < 1.29 is 23.4 Å². The van der Waals surface area contributed by atoms with Crippen LogP contribution in [0.1, 0.15) is 15.4 Å². The monoisotopic (exact) mass is 227 g/mol. The first-order valence-corrected chi connectivity index (χ1v) is 4.36. The van der Waals surface area contributed by atoms with E-state index in [2.05, 4.69) is 11.1 Å². The molecule has 1 radical (unpaired) electrons. The third-order valence-electron chi connectivity index (χ3n) is 1.66. The summed E-state index contributed by atoms with van der Waals surface area (Å²) in [7, 11) is 0. The second-order valence-corrected chi connectivity index (χ2v) is 3.54. The summed E-state index contributed by atoms with van der Waals surface area (Å²) < 4.78 is 1.06. The first-order chi connectivity index (χ1) is 5.81. The van der Waals surface area contributed by atoms with Crippen molar-refractivity contribution in [1.29, 1.82) is 0 Å². The number of rotatable bonds is 1. The Kier molecular flexibility index (Phi) is 3.25. The number of fused-ring (bicyclic) bond motifs is 1. The predicted molar refractivity (Wildman–Crippen MR) is 48.6 cm³/mol. The van der Waals surface area contributed by atoms with Crippen molar-refractivity contribution in [1.82, 2.24) is 4.98 Å². The van der Waals surface area contributed by atoms with Crippen molar-refractivity contribution in [2.24, 2.45) is 0 Å². The van der Waals surface area contributed by atoms with Gasteiger partial charge in [-0.05, 0) is 5.52 Å². The van der Waals surface area contributed by atoms with Crippen molar-refractivity contribution in [2.75, 3.05) is 0 Å². The number of aldehydes is 1. The van der Waals surface area contributed by atoms with Crippen LogP contribution in [-0.2, 0) is 18.6 Å². The Labute approximate surface area is 91.9 Å². The molecular formula is C9H6NOSV-. The van der Waals surface area contributed by atoms with Crippen LogP contribution in [0.25, 0.3) is 10.2 Å². The summed E-state index contributed by atoms with van der Waals surface area (Å²) >= 11 is 1.41. The molecule has 0 amide bonds. The molecule has 2 aromatic rings. The van der Waals surface area contributed by atoms with Crippen LogP contribution in [-0.4, -0.2) is 11.3 Å². The summed E-state index contributed by atoms with van der Waals surface area (Å²) in [4.78, 5) is 14.5. The molecule has 2 nitrogen and oxygen atoms in total. The van der Waals surface area contributed by atoms with Gasteiger partial charge in [-0.1, -0.05) is 11.6 Å². The van der Waals surface area contributed by atoms with E-state index in [9.17, 15) is 4.79 Å². The zero-order chi connectivity index (χ0) is 8.55. The van der Waals surface area contributed by atoms with Gasteiger partial charge in [-0.3, -0.25) is 9.78 Å². The Bertz CT molecular complexity index is 438. The second kappa shape index (κ2) is 4.05. The zero-order valence-corrected chi connectivity index (χ0v) is 9.16. The number of carbonyl (C=O) groups is 1. The van der Waals surface area contributed by atoms with Gasteiger partial charge in [-0.15, -0.1) is 5.56 Å². The molecule has 0 aliphatic heterocycles. The van der Waals surface area contributed by atoms with E-state index < -0.39 is 0 Å². The van der Waals surface area contributed by atoms with E-state index in [0.717, 1.165) is 22.1 Å². The van der Waals surface area contributed by atoms with Gasteiger partial charge in [0.05, 0.1) is 0 Å². The van der Waals surface area contributed by atoms with E-state index in [-0.39, 0.29) is 18.6 Å². The van der Waals surface area contributed by atoms with E-state index in [4.69, 9.17) is 0 Å². The van der Waals surface area contributed by atoms with Gasteiger partial charge in [0.1, 0.15) is 5.01 Å². The number of benzene rings is 1. The van der Waals surface area contributed by atoms with Crippen LogP contribution in [0, 0.1) is 13.0 Å². The summed E-state index contributed by atoms with van der Waals surface area (Å²) in [6, 6.07) is 6.78. The van der Waals surface area contributed by atoms with Crippen LogP contribution in [0.5, 0.6) is 0 Å². The Balaban J connectivity index is 0.000000845. The average Bonchev–Trinajstić information content (AvgIpc) is 2.49. The van der Waals surface area contributed by atoms with Gasteiger partial charge < -0.3 is 0 Å². The van der Waals surface area contributed by atoms with Gasteiger partial charge in [0.25, 0.3) is 0 Å². The first kappa shape index (κ1) is 10.4. The summed E-state index contributed by atoms with van der Waals surface area (Å²) in [6.07, 6.45) is 0.776. The molecule has 0 saturated carbocycles. The predicted octanol–water partition coefficient (Wildman–Crippen LogP) is 2.21. The molecule has 1 aromatic carbocycles.